The molecule has 1 aromatic carbocycles. The largest absolute Gasteiger partial charge is 0.483 e. The Morgan fingerprint density at radius 3 is 2.38 bits per heavy atom. The van der Waals surface area contributed by atoms with E-state index in [9.17, 15) is 29.1 Å². The Morgan fingerprint density at radius 1 is 1.00 bits per heavy atom. The summed E-state index contributed by atoms with van der Waals surface area (Å²) in [5.74, 6) is -2.13. The SMILES string of the molecule is CCOC(=O)N1CCN(C(=O)C(CCC(=O)O)NC(=O)c2cc(OCC(=O)N3CCNCC3)c3ccccc3n2)CC1. The minimum absolute atomic E-state index is 0.0430. The molecule has 14 nitrogen and oxygen atoms in total. The van der Waals surface area contributed by atoms with Crippen LogP contribution in [0.2, 0.25) is 0 Å². The number of rotatable bonds is 10. The zero-order chi connectivity index (χ0) is 30.1. The molecule has 0 saturated carbocycles. The fraction of sp³-hybridized carbons (Fsp3) is 0.500. The molecular formula is C28H36N6O8. The van der Waals surface area contributed by atoms with Crippen molar-refractivity contribution < 1.29 is 38.6 Å². The summed E-state index contributed by atoms with van der Waals surface area (Å²) in [6.45, 7) is 5.24. The second-order valence-corrected chi connectivity index (χ2v) is 9.91. The van der Waals surface area contributed by atoms with Crippen molar-refractivity contribution >= 4 is 40.7 Å². The van der Waals surface area contributed by atoms with Crippen molar-refractivity contribution in [1.29, 1.82) is 0 Å². The molecular weight excluding hydrogens is 548 g/mol. The van der Waals surface area contributed by atoms with Crippen molar-refractivity contribution in [2.75, 3.05) is 65.6 Å². The predicted octanol–water partition coefficient (Wildman–Crippen LogP) is 0.309. The van der Waals surface area contributed by atoms with Gasteiger partial charge in [0, 0.05) is 70.2 Å². The third-order valence-electron chi connectivity index (χ3n) is 7.10. The van der Waals surface area contributed by atoms with E-state index in [0.717, 1.165) is 0 Å². The van der Waals surface area contributed by atoms with Gasteiger partial charge in [0.2, 0.25) is 5.91 Å². The first kappa shape index (κ1) is 30.5. The molecule has 2 fully saturated rings. The molecule has 1 unspecified atom stereocenters. The van der Waals surface area contributed by atoms with E-state index >= 15 is 0 Å². The van der Waals surface area contributed by atoms with Crippen LogP contribution >= 0.6 is 0 Å². The van der Waals surface area contributed by atoms with E-state index in [4.69, 9.17) is 9.47 Å². The number of piperazine rings is 2. The fourth-order valence-electron chi connectivity index (χ4n) is 4.83. The summed E-state index contributed by atoms with van der Waals surface area (Å²) in [6, 6.07) is 7.30. The average molecular weight is 585 g/mol. The molecule has 2 aliphatic heterocycles. The number of amides is 4. The topological polar surface area (TPSA) is 171 Å². The van der Waals surface area contributed by atoms with Gasteiger partial charge in [0.1, 0.15) is 17.5 Å². The average Bonchev–Trinajstić information content (AvgIpc) is 3.01. The molecule has 0 aliphatic carbocycles. The zero-order valence-electron chi connectivity index (χ0n) is 23.5. The highest BCUT2D eigenvalue weighted by molar-refractivity contribution is 5.99. The minimum Gasteiger partial charge on any atom is -0.483 e. The van der Waals surface area contributed by atoms with Crippen molar-refractivity contribution in [3.8, 4) is 5.75 Å². The third-order valence-corrected chi connectivity index (χ3v) is 7.10. The number of carbonyl (C=O) groups is 5. The number of hydrogen-bond acceptors (Lipinski definition) is 9. The Kier molecular flexibility index (Phi) is 10.5. The molecule has 3 N–H and O–H groups in total. The van der Waals surface area contributed by atoms with Crippen LogP contribution in [0.4, 0.5) is 4.79 Å². The highest BCUT2D eigenvalue weighted by atomic mass is 16.6. The lowest BCUT2D eigenvalue weighted by Gasteiger charge is -2.35. The molecule has 42 heavy (non-hydrogen) atoms. The number of hydrogen-bond donors (Lipinski definition) is 3. The van der Waals surface area contributed by atoms with Crippen LogP contribution in [0.1, 0.15) is 30.3 Å². The number of carbonyl (C=O) groups excluding carboxylic acids is 4. The van der Waals surface area contributed by atoms with Gasteiger partial charge >= 0.3 is 12.1 Å². The highest BCUT2D eigenvalue weighted by Crippen LogP contribution is 2.26. The Balaban J connectivity index is 1.48. The van der Waals surface area contributed by atoms with E-state index in [1.165, 1.54) is 15.9 Å². The Bertz CT molecular complexity index is 1310. The summed E-state index contributed by atoms with van der Waals surface area (Å²) < 4.78 is 10.9. The molecule has 14 heteroatoms. The van der Waals surface area contributed by atoms with Gasteiger partial charge in [0.05, 0.1) is 12.1 Å². The Morgan fingerprint density at radius 2 is 1.69 bits per heavy atom. The molecule has 1 aromatic heterocycles. The first-order chi connectivity index (χ1) is 20.3. The number of para-hydroxylation sites is 1. The summed E-state index contributed by atoms with van der Waals surface area (Å²) in [5, 5.41) is 15.7. The third kappa shape index (κ3) is 7.84. The van der Waals surface area contributed by atoms with Gasteiger partial charge in [0.15, 0.2) is 6.61 Å². The van der Waals surface area contributed by atoms with E-state index < -0.39 is 29.9 Å². The van der Waals surface area contributed by atoms with Crippen LogP contribution in [-0.4, -0.2) is 126 Å². The molecule has 226 valence electrons. The lowest BCUT2D eigenvalue weighted by atomic mass is 10.1. The Labute approximate surface area is 242 Å². The molecule has 3 heterocycles. The number of pyridine rings is 1. The number of fused-ring (bicyclic) bond motifs is 1. The van der Waals surface area contributed by atoms with E-state index in [-0.39, 0.29) is 69.6 Å². The fourth-order valence-corrected chi connectivity index (χ4v) is 4.83. The zero-order valence-corrected chi connectivity index (χ0v) is 23.5. The summed E-state index contributed by atoms with van der Waals surface area (Å²) >= 11 is 0. The molecule has 1 atom stereocenters. The maximum Gasteiger partial charge on any atom is 0.409 e. The van der Waals surface area contributed by atoms with Gasteiger partial charge in [-0.05, 0) is 25.5 Å². The number of nitrogens with one attached hydrogen (secondary N) is 2. The maximum atomic E-state index is 13.4. The van der Waals surface area contributed by atoms with Crippen molar-refractivity contribution in [1.82, 2.24) is 30.3 Å². The summed E-state index contributed by atoms with van der Waals surface area (Å²) in [4.78, 5) is 71.9. The van der Waals surface area contributed by atoms with Gasteiger partial charge in [-0.15, -0.1) is 0 Å². The monoisotopic (exact) mass is 584 g/mol. The van der Waals surface area contributed by atoms with Gasteiger partial charge in [-0.25, -0.2) is 9.78 Å². The van der Waals surface area contributed by atoms with Crippen LogP contribution in [0.3, 0.4) is 0 Å². The van der Waals surface area contributed by atoms with Crippen LogP contribution in [0.15, 0.2) is 30.3 Å². The molecule has 0 radical (unpaired) electrons. The number of aromatic nitrogens is 1. The lowest BCUT2D eigenvalue weighted by Crippen LogP contribution is -2.56. The number of carboxylic acids is 1. The summed E-state index contributed by atoms with van der Waals surface area (Å²) in [7, 11) is 0. The molecule has 0 bridgehead atoms. The molecule has 2 aromatic rings. The molecule has 4 amide bonds. The smallest absolute Gasteiger partial charge is 0.409 e. The second-order valence-electron chi connectivity index (χ2n) is 9.91. The lowest BCUT2D eigenvalue weighted by molar-refractivity contribution is -0.138. The van der Waals surface area contributed by atoms with Crippen molar-refractivity contribution in [3.05, 3.63) is 36.0 Å². The van der Waals surface area contributed by atoms with Crippen molar-refractivity contribution in [2.24, 2.45) is 0 Å². The first-order valence-corrected chi connectivity index (χ1v) is 14.0. The first-order valence-electron chi connectivity index (χ1n) is 14.0. The van der Waals surface area contributed by atoms with Crippen LogP contribution in [0.5, 0.6) is 5.75 Å². The molecule has 2 aliphatic rings. The van der Waals surface area contributed by atoms with E-state index in [1.54, 1.807) is 36.1 Å². The number of carboxylic acid groups (broad SMARTS) is 1. The number of aliphatic carboxylic acids is 1. The van der Waals surface area contributed by atoms with E-state index in [0.29, 0.717) is 37.1 Å². The van der Waals surface area contributed by atoms with E-state index in [1.807, 2.05) is 0 Å². The molecule has 4 rings (SSSR count). The highest BCUT2D eigenvalue weighted by Gasteiger charge is 2.31. The number of ether oxygens (including phenoxy) is 2. The van der Waals surface area contributed by atoms with Crippen LogP contribution in [-0.2, 0) is 19.1 Å². The van der Waals surface area contributed by atoms with Crippen molar-refractivity contribution in [2.45, 2.75) is 25.8 Å². The quantitative estimate of drug-likeness (QED) is 0.353. The summed E-state index contributed by atoms with van der Waals surface area (Å²) in [5.41, 5.74) is 0.414. The van der Waals surface area contributed by atoms with Gasteiger partial charge in [-0.1, -0.05) is 12.1 Å². The van der Waals surface area contributed by atoms with Crippen molar-refractivity contribution in [3.63, 3.8) is 0 Å². The van der Waals surface area contributed by atoms with Gasteiger partial charge in [-0.2, -0.15) is 0 Å². The normalized spacial score (nSPS) is 16.1. The second kappa shape index (κ2) is 14.4. The van der Waals surface area contributed by atoms with Gasteiger partial charge in [0.25, 0.3) is 11.8 Å². The van der Waals surface area contributed by atoms with E-state index in [2.05, 4.69) is 15.6 Å². The van der Waals surface area contributed by atoms with Crippen LogP contribution < -0.4 is 15.4 Å². The van der Waals surface area contributed by atoms with Gasteiger partial charge < -0.3 is 39.9 Å². The van der Waals surface area contributed by atoms with Gasteiger partial charge in [-0.3, -0.25) is 19.2 Å². The maximum absolute atomic E-state index is 13.4. The van der Waals surface area contributed by atoms with Crippen LogP contribution in [0.25, 0.3) is 10.9 Å². The standard InChI is InChI=1S/C28H36N6O8/c1-2-41-28(40)34-15-13-33(14-16-34)27(39)21(7-8-25(36)37)31-26(38)22-17-23(19-5-3-4-6-20(19)30-22)42-18-24(35)32-11-9-29-10-12-32/h3-6,17,21,29H,2,7-16,18H2,1H3,(H,31,38)(H,36,37). The Hall–Kier alpha value is -4.46. The predicted molar refractivity (Wildman–Crippen MR) is 150 cm³/mol. The molecule has 2 saturated heterocycles. The minimum atomic E-state index is -1.13. The summed E-state index contributed by atoms with van der Waals surface area (Å²) in [6.07, 6.45) is -0.934. The van der Waals surface area contributed by atoms with Crippen LogP contribution in [0, 0.1) is 0 Å². The number of benzene rings is 1. The number of nitrogens with zero attached hydrogens (tertiary/aromatic N) is 4. The molecule has 0 spiro atoms.